The van der Waals surface area contributed by atoms with Crippen LogP contribution in [0.2, 0.25) is 0 Å². The molecule has 0 unspecified atom stereocenters. The summed E-state index contributed by atoms with van der Waals surface area (Å²) in [6.45, 7) is 9.88. The zero-order valence-electron chi connectivity index (χ0n) is 10.3. The molecule has 15 heavy (non-hydrogen) atoms. The maximum Gasteiger partial charge on any atom is 0.407 e. The first-order valence-electron chi connectivity index (χ1n) is 5.29. The number of hydrogen-bond donors (Lipinski definition) is 1. The third kappa shape index (κ3) is 8.55. The summed E-state index contributed by atoms with van der Waals surface area (Å²) in [5.74, 6) is 0.812. The number of alkyl halides is 1. The highest BCUT2D eigenvalue weighted by Gasteiger charge is 2.19. The van der Waals surface area contributed by atoms with Crippen LogP contribution in [-0.4, -0.2) is 23.6 Å². The Morgan fingerprint density at radius 3 is 2.27 bits per heavy atom. The Balaban J connectivity index is 4.02. The Bertz CT molecular complexity index is 199. The van der Waals surface area contributed by atoms with Crippen molar-refractivity contribution < 1.29 is 9.53 Å². The zero-order chi connectivity index (χ0) is 12.1. The number of carbonyl (C=O) groups excluding carboxylic acids is 1. The number of halogens is 1. The molecule has 0 aromatic rings. The Kier molecular flexibility index (Phi) is 6.03. The molecule has 90 valence electrons. The summed E-state index contributed by atoms with van der Waals surface area (Å²) in [5.41, 5.74) is -0.272. The van der Waals surface area contributed by atoms with Crippen LogP contribution in [0.4, 0.5) is 4.79 Å². The van der Waals surface area contributed by atoms with Crippen LogP contribution in [0.15, 0.2) is 0 Å². The second kappa shape index (κ2) is 6.21. The van der Waals surface area contributed by atoms with Gasteiger partial charge in [0.15, 0.2) is 0 Å². The molecule has 0 rings (SSSR count). The minimum atomic E-state index is -0.395. The molecule has 0 aliphatic carbocycles. The molecule has 0 aromatic heterocycles. The van der Waals surface area contributed by atoms with Gasteiger partial charge in [0.2, 0.25) is 0 Å². The second-order valence-corrected chi connectivity index (χ2v) is 5.49. The van der Waals surface area contributed by atoms with E-state index >= 15 is 0 Å². The summed E-state index contributed by atoms with van der Waals surface area (Å²) in [6, 6.07) is 0. The average Bonchev–Trinajstić information content (AvgIpc) is 1.98. The maximum atomic E-state index is 11.4. The smallest absolute Gasteiger partial charge is 0.407 e. The molecule has 1 amide bonds. The fourth-order valence-corrected chi connectivity index (χ4v) is 1.34. The molecular weight excluding hydrogens is 214 g/mol. The van der Waals surface area contributed by atoms with Crippen molar-refractivity contribution in [2.45, 2.75) is 52.7 Å². The first-order valence-corrected chi connectivity index (χ1v) is 5.83. The van der Waals surface area contributed by atoms with E-state index in [-0.39, 0.29) is 11.6 Å². The lowest BCUT2D eigenvalue weighted by Gasteiger charge is -2.23. The van der Waals surface area contributed by atoms with Crippen molar-refractivity contribution in [1.29, 1.82) is 0 Å². The normalized spacial score (nSPS) is 13.8. The van der Waals surface area contributed by atoms with Gasteiger partial charge in [0.25, 0.3) is 0 Å². The van der Waals surface area contributed by atoms with Crippen LogP contribution < -0.4 is 5.32 Å². The number of ether oxygens (including phenoxy) is 1. The van der Waals surface area contributed by atoms with Gasteiger partial charge < -0.3 is 10.1 Å². The molecule has 0 bridgehead atoms. The topological polar surface area (TPSA) is 38.3 Å². The first kappa shape index (κ1) is 14.6. The van der Waals surface area contributed by atoms with E-state index in [2.05, 4.69) is 19.2 Å². The molecule has 0 saturated heterocycles. The van der Waals surface area contributed by atoms with Crippen LogP contribution in [0.25, 0.3) is 0 Å². The van der Waals surface area contributed by atoms with Gasteiger partial charge in [-0.3, -0.25) is 0 Å². The highest BCUT2D eigenvalue weighted by molar-refractivity contribution is 6.18. The summed E-state index contributed by atoms with van der Waals surface area (Å²) in [7, 11) is 0. The summed E-state index contributed by atoms with van der Waals surface area (Å²) < 4.78 is 5.20. The van der Waals surface area contributed by atoms with Gasteiger partial charge in [0, 0.05) is 5.54 Å². The van der Waals surface area contributed by atoms with Gasteiger partial charge in [-0.05, 0) is 33.1 Å². The molecular formula is C11H22ClNO2. The van der Waals surface area contributed by atoms with Gasteiger partial charge in [-0.2, -0.15) is 0 Å². The lowest BCUT2D eigenvalue weighted by atomic mass is 10.1. The molecule has 0 radical (unpaired) electrons. The van der Waals surface area contributed by atoms with Gasteiger partial charge >= 0.3 is 6.09 Å². The maximum absolute atomic E-state index is 11.4. The monoisotopic (exact) mass is 235 g/mol. The van der Waals surface area contributed by atoms with E-state index in [1.54, 1.807) is 0 Å². The third-order valence-corrected chi connectivity index (χ3v) is 2.00. The quantitative estimate of drug-likeness (QED) is 0.761. The van der Waals surface area contributed by atoms with Crippen molar-refractivity contribution in [1.82, 2.24) is 5.32 Å². The zero-order valence-corrected chi connectivity index (χ0v) is 11.0. The number of carbonyl (C=O) groups is 1. The van der Waals surface area contributed by atoms with Crippen molar-refractivity contribution >= 4 is 17.7 Å². The lowest BCUT2D eigenvalue weighted by molar-refractivity contribution is 0.0909. The molecule has 4 heteroatoms. The number of hydrogen-bond acceptors (Lipinski definition) is 2. The molecule has 3 nitrogen and oxygen atoms in total. The van der Waals surface area contributed by atoms with Crippen molar-refractivity contribution in [2.75, 3.05) is 5.88 Å². The minimum Gasteiger partial charge on any atom is -0.445 e. The van der Waals surface area contributed by atoms with Crippen molar-refractivity contribution in [3.05, 3.63) is 0 Å². The standard InChI is InChI=1S/C11H22ClNO2/c1-8(2)6-9(7-12)15-10(14)13-11(3,4)5/h8-9H,6-7H2,1-5H3,(H,13,14)/t9-/m1/s1. The van der Waals surface area contributed by atoms with Crippen LogP contribution in [-0.2, 0) is 4.74 Å². The number of amides is 1. The highest BCUT2D eigenvalue weighted by atomic mass is 35.5. The van der Waals surface area contributed by atoms with Crippen LogP contribution >= 0.6 is 11.6 Å². The minimum absolute atomic E-state index is 0.200. The van der Waals surface area contributed by atoms with Crippen molar-refractivity contribution in [3.63, 3.8) is 0 Å². The van der Waals surface area contributed by atoms with Gasteiger partial charge in [-0.15, -0.1) is 11.6 Å². The van der Waals surface area contributed by atoms with Crippen LogP contribution in [0.5, 0.6) is 0 Å². The van der Waals surface area contributed by atoms with Gasteiger partial charge in [0.05, 0.1) is 5.88 Å². The molecule has 0 spiro atoms. The van der Waals surface area contributed by atoms with E-state index in [4.69, 9.17) is 16.3 Å². The van der Waals surface area contributed by atoms with E-state index in [0.717, 1.165) is 6.42 Å². The SMILES string of the molecule is CC(C)C[C@H](CCl)OC(=O)NC(C)(C)C. The number of nitrogens with one attached hydrogen (secondary N) is 1. The van der Waals surface area contributed by atoms with Crippen molar-refractivity contribution in [3.8, 4) is 0 Å². The summed E-state index contributed by atoms with van der Waals surface area (Å²) >= 11 is 5.72. The van der Waals surface area contributed by atoms with E-state index in [1.807, 2.05) is 20.8 Å². The van der Waals surface area contributed by atoms with Gasteiger partial charge in [-0.25, -0.2) is 4.79 Å². The largest absolute Gasteiger partial charge is 0.445 e. The average molecular weight is 236 g/mol. The molecule has 0 fully saturated rings. The van der Waals surface area contributed by atoms with E-state index in [9.17, 15) is 4.79 Å². The predicted molar refractivity (Wildman–Crippen MR) is 63.3 cm³/mol. The molecule has 0 saturated carbocycles. The summed E-state index contributed by atoms with van der Waals surface area (Å²) in [6.07, 6.45) is 0.198. The predicted octanol–water partition coefficient (Wildman–Crippen LogP) is 3.16. The summed E-state index contributed by atoms with van der Waals surface area (Å²) in [4.78, 5) is 11.4. The Morgan fingerprint density at radius 2 is 1.93 bits per heavy atom. The number of alkyl carbamates (subject to hydrolysis) is 1. The summed E-state index contributed by atoms with van der Waals surface area (Å²) in [5, 5.41) is 2.74. The molecule has 0 heterocycles. The highest BCUT2D eigenvalue weighted by Crippen LogP contribution is 2.11. The molecule has 0 aliphatic rings. The van der Waals surface area contributed by atoms with Gasteiger partial charge in [-0.1, -0.05) is 13.8 Å². The molecule has 0 aliphatic heterocycles. The fraction of sp³-hybridized carbons (Fsp3) is 0.909. The van der Waals surface area contributed by atoms with Crippen LogP contribution in [0.1, 0.15) is 41.0 Å². The van der Waals surface area contributed by atoms with E-state index in [1.165, 1.54) is 0 Å². The van der Waals surface area contributed by atoms with Gasteiger partial charge in [0.1, 0.15) is 6.10 Å². The second-order valence-electron chi connectivity index (χ2n) is 5.19. The van der Waals surface area contributed by atoms with Crippen LogP contribution in [0.3, 0.4) is 0 Å². The van der Waals surface area contributed by atoms with E-state index in [0.29, 0.717) is 11.8 Å². The Labute approximate surface area is 97.5 Å². The van der Waals surface area contributed by atoms with Crippen molar-refractivity contribution in [2.24, 2.45) is 5.92 Å². The fourth-order valence-electron chi connectivity index (χ4n) is 1.16. The molecule has 1 atom stereocenters. The van der Waals surface area contributed by atoms with E-state index < -0.39 is 6.09 Å². The number of rotatable bonds is 4. The lowest BCUT2D eigenvalue weighted by Crippen LogP contribution is -2.42. The first-order chi connectivity index (χ1) is 6.74. The Hall–Kier alpha value is -0.440. The molecule has 1 N–H and O–H groups in total. The Morgan fingerprint density at radius 1 is 1.40 bits per heavy atom. The molecule has 0 aromatic carbocycles. The third-order valence-electron chi connectivity index (χ3n) is 1.66. The van der Waals surface area contributed by atoms with Crippen LogP contribution in [0, 0.1) is 5.92 Å².